The number of primary amides is 5. The monoisotopic (exact) mass is 660 g/mol. The smallest absolute Gasteiger partial charge is 0.321 e. The van der Waals surface area contributed by atoms with Crippen LogP contribution in [0.3, 0.4) is 0 Å². The van der Waals surface area contributed by atoms with Crippen LogP contribution in [0.1, 0.15) is 32.1 Å². The molecule has 260 valence electrons. The Balaban J connectivity index is -0.000000148. The number of aliphatic carboxylic acids is 5. The Hall–Kier alpha value is -5.50. The van der Waals surface area contributed by atoms with Crippen LogP contribution in [0.15, 0.2) is 0 Å². The van der Waals surface area contributed by atoms with Crippen LogP contribution in [0.2, 0.25) is 0 Å². The second-order valence-corrected chi connectivity index (χ2v) is 8.08. The predicted octanol–water partition coefficient (Wildman–Crippen LogP) is -8.63. The first-order valence-corrected chi connectivity index (χ1v) is 11.5. The van der Waals surface area contributed by atoms with E-state index in [2.05, 4.69) is 28.7 Å². The molecule has 0 rings (SSSR count). The molecule has 0 saturated carbocycles. The van der Waals surface area contributed by atoms with Gasteiger partial charge in [0, 0.05) is 0 Å². The molecule has 0 aliphatic heterocycles. The average Bonchev–Trinajstić information content (AvgIpc) is 2.83. The normalized spacial score (nSPS) is 12.6. The lowest BCUT2D eigenvalue weighted by Gasteiger charge is -1.99. The van der Waals surface area contributed by atoms with Crippen molar-refractivity contribution in [2.45, 2.75) is 62.3 Å². The molecule has 0 saturated heterocycles. The fraction of sp³-hybridized carbons (Fsp3) is 0.500. The van der Waals surface area contributed by atoms with E-state index in [1.807, 2.05) is 0 Å². The van der Waals surface area contributed by atoms with Gasteiger partial charge in [0.1, 0.15) is 30.2 Å². The van der Waals surface area contributed by atoms with Gasteiger partial charge in [-0.15, -0.1) is 0 Å². The van der Waals surface area contributed by atoms with Gasteiger partial charge in [-0.2, -0.15) is 0 Å². The maximum Gasteiger partial charge on any atom is 0.321 e. The Morgan fingerprint density at radius 3 is 0.422 bits per heavy atom. The zero-order valence-corrected chi connectivity index (χ0v) is 23.5. The summed E-state index contributed by atoms with van der Waals surface area (Å²) in [5.41, 5.74) is 47.8. The summed E-state index contributed by atoms with van der Waals surface area (Å²) in [7, 11) is 0. The van der Waals surface area contributed by atoms with Gasteiger partial charge < -0.3 is 82.9 Å². The minimum Gasteiger partial charge on any atom is -0.480 e. The van der Waals surface area contributed by atoms with Crippen molar-refractivity contribution >= 4 is 59.4 Å². The van der Waals surface area contributed by atoms with Crippen LogP contribution >= 0.6 is 0 Å². The number of nitrogens with two attached hydrogens (primary N) is 10. The maximum atomic E-state index is 9.99. The molecule has 0 aromatic carbocycles. The summed E-state index contributed by atoms with van der Waals surface area (Å²) in [5.74, 6) is -9.59. The van der Waals surface area contributed by atoms with Crippen molar-refractivity contribution in [3.63, 3.8) is 0 Å². The lowest BCUT2D eigenvalue weighted by Crippen LogP contribution is -2.34. The average molecular weight is 661 g/mol. The first kappa shape index (κ1) is 49.2. The molecule has 0 spiro atoms. The molecular weight excluding hydrogens is 620 g/mol. The number of amides is 5. The van der Waals surface area contributed by atoms with E-state index in [1.165, 1.54) is 0 Å². The van der Waals surface area contributed by atoms with Crippen LogP contribution in [0.25, 0.3) is 0 Å². The van der Waals surface area contributed by atoms with E-state index in [-0.39, 0.29) is 32.1 Å². The molecule has 0 fully saturated rings. The summed E-state index contributed by atoms with van der Waals surface area (Å²) in [6, 6.07) is -5.82. The summed E-state index contributed by atoms with van der Waals surface area (Å²) in [6.07, 6.45) is -1.55. The Morgan fingerprint density at radius 1 is 0.311 bits per heavy atom. The van der Waals surface area contributed by atoms with E-state index in [9.17, 15) is 47.9 Å². The van der Waals surface area contributed by atoms with E-state index in [0.29, 0.717) is 0 Å². The Bertz CT molecular complexity index is 855. The van der Waals surface area contributed by atoms with E-state index >= 15 is 0 Å². The second kappa shape index (κ2) is 27.3. The number of hydrogen-bond acceptors (Lipinski definition) is 15. The van der Waals surface area contributed by atoms with Gasteiger partial charge in [-0.05, 0) is 0 Å². The van der Waals surface area contributed by atoms with Crippen molar-refractivity contribution in [3.05, 3.63) is 0 Å². The van der Waals surface area contributed by atoms with Gasteiger partial charge in [0.2, 0.25) is 29.5 Å². The minimum absolute atomic E-state index is 0.310. The van der Waals surface area contributed by atoms with Crippen molar-refractivity contribution in [2.75, 3.05) is 0 Å². The summed E-state index contributed by atoms with van der Waals surface area (Å²) in [6.45, 7) is 0. The Kier molecular flexibility index (Phi) is 29.9. The number of carboxylic acid groups (broad SMARTS) is 5. The van der Waals surface area contributed by atoms with Crippen molar-refractivity contribution < 1.29 is 73.5 Å². The molecule has 0 radical (unpaired) electrons. The SMILES string of the molecule is NC(=O)CC(N)C(=O)O.NC(=O)CC(N)C(=O)O.NC(=O)CC(N)C(=O)O.NC(=O)CC(N)C(=O)O.NC(=O)CC(N)C(=O)O. The van der Waals surface area contributed by atoms with E-state index < -0.39 is 89.6 Å². The number of hydrogen-bond donors (Lipinski definition) is 15. The molecule has 0 aliphatic rings. The van der Waals surface area contributed by atoms with Crippen LogP contribution in [0.5, 0.6) is 0 Å². The zero-order chi connectivity index (χ0) is 37.2. The summed E-state index contributed by atoms with van der Waals surface area (Å²) in [4.78, 5) is 99.5. The third kappa shape index (κ3) is 43.1. The molecule has 5 amide bonds. The van der Waals surface area contributed by atoms with Gasteiger partial charge in [-0.3, -0.25) is 47.9 Å². The van der Waals surface area contributed by atoms with Crippen molar-refractivity contribution in [3.8, 4) is 0 Å². The molecular formula is C20H40N10O15. The van der Waals surface area contributed by atoms with Gasteiger partial charge in [0.15, 0.2) is 0 Å². The van der Waals surface area contributed by atoms with Gasteiger partial charge in [-0.25, -0.2) is 0 Å². The molecule has 45 heavy (non-hydrogen) atoms. The van der Waals surface area contributed by atoms with Crippen LogP contribution < -0.4 is 57.3 Å². The Morgan fingerprint density at radius 2 is 0.400 bits per heavy atom. The van der Waals surface area contributed by atoms with Crippen LogP contribution in [0.4, 0.5) is 0 Å². The molecule has 0 aromatic rings. The highest BCUT2D eigenvalue weighted by molar-refractivity contribution is 5.85. The topological polar surface area (TPSA) is 532 Å². The third-order valence-electron chi connectivity index (χ3n) is 3.69. The fourth-order valence-corrected chi connectivity index (χ4v) is 1.52. The Labute approximate surface area is 253 Å². The van der Waals surface area contributed by atoms with Crippen molar-refractivity contribution in [1.82, 2.24) is 0 Å². The third-order valence-corrected chi connectivity index (χ3v) is 3.69. The zero-order valence-electron chi connectivity index (χ0n) is 23.5. The lowest BCUT2D eigenvalue weighted by atomic mass is 10.2. The molecule has 0 heterocycles. The standard InChI is InChI=1S/5C4H8N2O3/c5*5-2(4(8)9)1-3(6)7/h5*2H,1,5H2,(H2,6,7)(H,8,9). The molecule has 25 N–H and O–H groups in total. The van der Waals surface area contributed by atoms with Gasteiger partial charge in [0.05, 0.1) is 32.1 Å². The number of carbonyl (C=O) groups excluding carboxylic acids is 5. The van der Waals surface area contributed by atoms with Crippen LogP contribution in [-0.2, 0) is 47.9 Å². The quantitative estimate of drug-likeness (QED) is 0.0775. The summed E-state index contributed by atoms with van der Waals surface area (Å²) >= 11 is 0. The molecule has 5 atom stereocenters. The van der Waals surface area contributed by atoms with Gasteiger partial charge >= 0.3 is 29.8 Å². The highest BCUT2D eigenvalue weighted by Crippen LogP contribution is 1.87. The highest BCUT2D eigenvalue weighted by atomic mass is 16.4. The molecule has 25 nitrogen and oxygen atoms in total. The van der Waals surface area contributed by atoms with E-state index in [0.717, 1.165) is 0 Å². The lowest BCUT2D eigenvalue weighted by molar-refractivity contribution is -0.140. The van der Waals surface area contributed by atoms with Gasteiger partial charge in [0.25, 0.3) is 0 Å². The van der Waals surface area contributed by atoms with E-state index in [1.54, 1.807) is 0 Å². The first-order valence-electron chi connectivity index (χ1n) is 11.5. The molecule has 0 bridgehead atoms. The van der Waals surface area contributed by atoms with Crippen molar-refractivity contribution in [1.29, 1.82) is 0 Å². The number of rotatable bonds is 15. The second-order valence-electron chi connectivity index (χ2n) is 8.08. The molecule has 25 heteroatoms. The molecule has 0 aromatic heterocycles. The fourth-order valence-electron chi connectivity index (χ4n) is 1.52. The highest BCUT2D eigenvalue weighted by Gasteiger charge is 2.15. The summed E-state index contributed by atoms with van der Waals surface area (Å²) < 4.78 is 0. The van der Waals surface area contributed by atoms with Crippen LogP contribution in [0, 0.1) is 0 Å². The minimum atomic E-state index is -1.21. The van der Waals surface area contributed by atoms with E-state index in [4.69, 9.17) is 54.2 Å². The molecule has 0 aliphatic carbocycles. The van der Waals surface area contributed by atoms with Crippen LogP contribution in [-0.4, -0.2) is 115 Å². The van der Waals surface area contributed by atoms with Crippen molar-refractivity contribution in [2.24, 2.45) is 57.3 Å². The summed E-state index contributed by atoms with van der Waals surface area (Å²) in [5, 5.41) is 40.5. The first-order chi connectivity index (χ1) is 20.2. The maximum absolute atomic E-state index is 9.99. The predicted molar refractivity (Wildman–Crippen MR) is 147 cm³/mol. The largest absolute Gasteiger partial charge is 0.480 e. The number of carboxylic acids is 5. The number of carbonyl (C=O) groups is 10. The van der Waals surface area contributed by atoms with Gasteiger partial charge in [-0.1, -0.05) is 0 Å². The molecule has 5 unspecified atom stereocenters.